The van der Waals surface area contributed by atoms with Crippen LogP contribution >= 0.6 is 12.2 Å². The Hall–Kier alpha value is -1.20. The average Bonchev–Trinajstić information content (AvgIpc) is 2.46. The van der Waals surface area contributed by atoms with Gasteiger partial charge < -0.3 is 15.7 Å². The van der Waals surface area contributed by atoms with Gasteiger partial charge in [0, 0.05) is 12.6 Å². The number of aromatic nitrogens is 1. The fraction of sp³-hybridized carbons (Fsp3) is 0.571. The maximum Gasteiger partial charge on any atom is 0.129 e. The molecule has 104 valence electrons. The van der Waals surface area contributed by atoms with Crippen LogP contribution in [0.15, 0.2) is 18.2 Å². The summed E-state index contributed by atoms with van der Waals surface area (Å²) >= 11 is 4.98. The Morgan fingerprint density at radius 1 is 1.37 bits per heavy atom. The van der Waals surface area contributed by atoms with Crippen molar-refractivity contribution in [3.63, 3.8) is 0 Å². The number of hydrogen-bond acceptors (Lipinski definition) is 4. The molecule has 4 nitrogen and oxygen atoms in total. The quantitative estimate of drug-likeness (QED) is 0.805. The summed E-state index contributed by atoms with van der Waals surface area (Å²) in [6, 6.07) is 6.18. The molecule has 1 aliphatic rings. The molecule has 0 saturated heterocycles. The lowest BCUT2D eigenvalue weighted by Crippen LogP contribution is -2.39. The highest BCUT2D eigenvalue weighted by atomic mass is 32.1. The van der Waals surface area contributed by atoms with Crippen molar-refractivity contribution in [3.05, 3.63) is 23.9 Å². The largest absolute Gasteiger partial charge is 0.395 e. The summed E-state index contributed by atoms with van der Waals surface area (Å²) in [6.07, 6.45) is 6.14. The van der Waals surface area contributed by atoms with Crippen LogP contribution in [-0.4, -0.2) is 34.3 Å². The van der Waals surface area contributed by atoms with Gasteiger partial charge in [-0.3, -0.25) is 0 Å². The molecular formula is C14H21N3OS. The van der Waals surface area contributed by atoms with Gasteiger partial charge in [-0.25, -0.2) is 4.98 Å². The second kappa shape index (κ2) is 6.82. The van der Waals surface area contributed by atoms with Gasteiger partial charge in [-0.1, -0.05) is 37.5 Å². The Bertz CT molecular complexity index is 432. The molecule has 0 atom stereocenters. The molecule has 2 rings (SSSR count). The van der Waals surface area contributed by atoms with Crippen molar-refractivity contribution >= 4 is 23.0 Å². The van der Waals surface area contributed by atoms with E-state index in [0.717, 1.165) is 5.82 Å². The van der Waals surface area contributed by atoms with Crippen LogP contribution in [0.4, 0.5) is 5.82 Å². The van der Waals surface area contributed by atoms with Crippen LogP contribution in [0.2, 0.25) is 0 Å². The average molecular weight is 279 g/mol. The van der Waals surface area contributed by atoms with Crippen molar-refractivity contribution in [2.75, 3.05) is 18.1 Å². The first-order chi connectivity index (χ1) is 9.22. The highest BCUT2D eigenvalue weighted by molar-refractivity contribution is 7.80. The number of anilines is 1. The third-order valence-corrected chi connectivity index (χ3v) is 3.85. The summed E-state index contributed by atoms with van der Waals surface area (Å²) in [5.74, 6) is 0.867. The summed E-state index contributed by atoms with van der Waals surface area (Å²) in [5.41, 5.74) is 6.28. The van der Waals surface area contributed by atoms with Crippen LogP contribution in [-0.2, 0) is 0 Å². The summed E-state index contributed by atoms with van der Waals surface area (Å²) in [4.78, 5) is 7.02. The number of thiocarbonyl (C=S) groups is 1. The Kier molecular flexibility index (Phi) is 5.10. The van der Waals surface area contributed by atoms with Crippen molar-refractivity contribution in [1.82, 2.24) is 4.98 Å². The van der Waals surface area contributed by atoms with E-state index in [-0.39, 0.29) is 6.61 Å². The van der Waals surface area contributed by atoms with E-state index in [0.29, 0.717) is 23.3 Å². The molecule has 0 amide bonds. The maximum atomic E-state index is 9.29. The van der Waals surface area contributed by atoms with E-state index in [1.807, 2.05) is 18.2 Å². The number of pyridine rings is 1. The lowest BCUT2D eigenvalue weighted by atomic mass is 9.94. The van der Waals surface area contributed by atoms with E-state index in [1.54, 1.807) is 0 Å². The van der Waals surface area contributed by atoms with Crippen LogP contribution in [0, 0.1) is 0 Å². The van der Waals surface area contributed by atoms with Crippen molar-refractivity contribution < 1.29 is 5.11 Å². The molecule has 0 bridgehead atoms. The minimum atomic E-state index is 0.134. The van der Waals surface area contributed by atoms with E-state index in [4.69, 9.17) is 18.0 Å². The monoisotopic (exact) mass is 279 g/mol. The molecule has 3 N–H and O–H groups in total. The van der Waals surface area contributed by atoms with Gasteiger partial charge in [0.05, 0.1) is 12.3 Å². The van der Waals surface area contributed by atoms with Crippen LogP contribution in [0.3, 0.4) is 0 Å². The van der Waals surface area contributed by atoms with E-state index in [9.17, 15) is 5.11 Å². The molecule has 1 heterocycles. The Morgan fingerprint density at radius 3 is 2.74 bits per heavy atom. The predicted octanol–water partition coefficient (Wildman–Crippen LogP) is 1.85. The summed E-state index contributed by atoms with van der Waals surface area (Å²) in [5, 5.41) is 9.29. The zero-order chi connectivity index (χ0) is 13.7. The topological polar surface area (TPSA) is 62.4 Å². The zero-order valence-corrected chi connectivity index (χ0v) is 11.9. The fourth-order valence-electron chi connectivity index (χ4n) is 2.71. The summed E-state index contributed by atoms with van der Waals surface area (Å²) < 4.78 is 0. The van der Waals surface area contributed by atoms with E-state index >= 15 is 0 Å². The van der Waals surface area contributed by atoms with Crippen molar-refractivity contribution in [2.24, 2.45) is 5.73 Å². The number of aliphatic hydroxyl groups is 1. The number of nitrogens with zero attached hydrogens (tertiary/aromatic N) is 2. The smallest absolute Gasteiger partial charge is 0.129 e. The lowest BCUT2D eigenvalue weighted by molar-refractivity contribution is 0.289. The van der Waals surface area contributed by atoms with Crippen molar-refractivity contribution in [1.29, 1.82) is 0 Å². The summed E-state index contributed by atoms with van der Waals surface area (Å²) in [6.45, 7) is 0.744. The molecular weight excluding hydrogens is 258 g/mol. The first-order valence-corrected chi connectivity index (χ1v) is 7.27. The minimum absolute atomic E-state index is 0.134. The number of aliphatic hydroxyl groups excluding tert-OH is 1. The van der Waals surface area contributed by atoms with Gasteiger partial charge in [-0.2, -0.15) is 0 Å². The highest BCUT2D eigenvalue weighted by Gasteiger charge is 2.22. The number of hydrogen-bond donors (Lipinski definition) is 2. The van der Waals surface area contributed by atoms with Crippen LogP contribution in [0.25, 0.3) is 0 Å². The normalized spacial score (nSPS) is 16.3. The molecule has 1 saturated carbocycles. The molecule has 19 heavy (non-hydrogen) atoms. The standard InChI is InChI=1S/C14H21N3OS/c15-14(19)12-7-4-8-13(16-12)17(9-10-18)11-5-2-1-3-6-11/h4,7-8,11,18H,1-3,5-6,9-10H2,(H2,15,19). The van der Waals surface area contributed by atoms with Crippen molar-refractivity contribution in [3.8, 4) is 0 Å². The molecule has 1 aromatic heterocycles. The number of rotatable bonds is 5. The molecule has 5 heteroatoms. The zero-order valence-electron chi connectivity index (χ0n) is 11.1. The van der Waals surface area contributed by atoms with Gasteiger partial charge in [-0.05, 0) is 25.0 Å². The Labute approximate surface area is 119 Å². The van der Waals surface area contributed by atoms with E-state index in [1.165, 1.54) is 32.1 Å². The molecule has 1 fully saturated rings. The van der Waals surface area contributed by atoms with Crippen LogP contribution in [0.5, 0.6) is 0 Å². The molecule has 0 aliphatic heterocycles. The number of nitrogens with two attached hydrogens (primary N) is 1. The second-order valence-electron chi connectivity index (χ2n) is 4.95. The van der Waals surface area contributed by atoms with Gasteiger partial charge in [0.1, 0.15) is 10.8 Å². The van der Waals surface area contributed by atoms with Gasteiger partial charge in [0.2, 0.25) is 0 Å². The molecule has 0 spiro atoms. The van der Waals surface area contributed by atoms with Crippen LogP contribution in [0.1, 0.15) is 37.8 Å². The molecule has 0 aromatic carbocycles. The molecule has 0 unspecified atom stereocenters. The molecule has 1 aromatic rings. The Balaban J connectivity index is 2.22. The van der Waals surface area contributed by atoms with Gasteiger partial charge >= 0.3 is 0 Å². The summed E-state index contributed by atoms with van der Waals surface area (Å²) in [7, 11) is 0. The molecule has 0 radical (unpaired) electrons. The Morgan fingerprint density at radius 2 is 2.11 bits per heavy atom. The highest BCUT2D eigenvalue weighted by Crippen LogP contribution is 2.26. The van der Waals surface area contributed by atoms with Crippen molar-refractivity contribution in [2.45, 2.75) is 38.1 Å². The first kappa shape index (κ1) is 14.2. The van der Waals surface area contributed by atoms with E-state index in [2.05, 4.69) is 9.88 Å². The van der Waals surface area contributed by atoms with E-state index < -0.39 is 0 Å². The third-order valence-electron chi connectivity index (χ3n) is 3.64. The van der Waals surface area contributed by atoms with Gasteiger partial charge in [0.15, 0.2) is 0 Å². The lowest BCUT2D eigenvalue weighted by Gasteiger charge is -2.35. The van der Waals surface area contributed by atoms with Crippen LogP contribution < -0.4 is 10.6 Å². The van der Waals surface area contributed by atoms with Gasteiger partial charge in [0.25, 0.3) is 0 Å². The SMILES string of the molecule is NC(=S)c1cccc(N(CCO)C2CCCCC2)n1. The first-order valence-electron chi connectivity index (χ1n) is 6.86. The molecule has 1 aliphatic carbocycles. The maximum absolute atomic E-state index is 9.29. The minimum Gasteiger partial charge on any atom is -0.395 e. The third kappa shape index (κ3) is 3.64. The second-order valence-corrected chi connectivity index (χ2v) is 5.39. The predicted molar refractivity (Wildman–Crippen MR) is 81.4 cm³/mol. The van der Waals surface area contributed by atoms with Gasteiger partial charge in [-0.15, -0.1) is 0 Å². The fourth-order valence-corrected chi connectivity index (χ4v) is 2.82.